The van der Waals surface area contributed by atoms with Gasteiger partial charge in [0.05, 0.1) is 12.6 Å². The van der Waals surface area contributed by atoms with Gasteiger partial charge >= 0.3 is 15.6 Å². The zero-order chi connectivity index (χ0) is 15.0. The van der Waals surface area contributed by atoms with Crippen molar-refractivity contribution in [2.75, 3.05) is 7.11 Å². The molecule has 1 aromatic carbocycles. The number of halogens is 3. The monoisotopic (exact) mass is 307 g/mol. The molecule has 0 aliphatic rings. The molecule has 9 heteroatoms. The molecule has 0 saturated heterocycles. The smallest absolute Gasteiger partial charge is 0.497 e. The number of nitrogens with zero attached hydrogens (tertiary/aromatic N) is 1. The molecule has 20 heavy (non-hydrogen) atoms. The Kier molecular flexibility index (Phi) is 3.46. The van der Waals surface area contributed by atoms with Crippen molar-refractivity contribution < 1.29 is 30.5 Å². The highest BCUT2D eigenvalue weighted by atomic mass is 32.2. The Labute approximate surface area is 112 Å². The van der Waals surface area contributed by atoms with Crippen LogP contribution in [-0.4, -0.2) is 26.0 Å². The molecule has 0 atom stereocenters. The number of alkyl halides is 3. The highest BCUT2D eigenvalue weighted by Gasteiger charge is 2.48. The third-order valence-corrected chi connectivity index (χ3v) is 3.36. The number of rotatable bonds is 3. The average Bonchev–Trinajstić information content (AvgIpc) is 2.36. The van der Waals surface area contributed by atoms with Crippen molar-refractivity contribution in [3.63, 3.8) is 0 Å². The van der Waals surface area contributed by atoms with Crippen molar-refractivity contribution in [2.24, 2.45) is 0 Å². The van der Waals surface area contributed by atoms with E-state index in [0.717, 1.165) is 12.3 Å². The molecule has 1 heterocycles. The first kappa shape index (κ1) is 14.4. The number of methoxy groups -OCH3 is 1. The summed E-state index contributed by atoms with van der Waals surface area (Å²) in [5, 5.41) is 0.126. The Morgan fingerprint density at radius 1 is 1.20 bits per heavy atom. The third kappa shape index (κ3) is 2.62. The van der Waals surface area contributed by atoms with E-state index in [1.165, 1.54) is 25.3 Å². The van der Waals surface area contributed by atoms with E-state index in [1.807, 2.05) is 0 Å². The van der Waals surface area contributed by atoms with E-state index in [0.29, 0.717) is 5.75 Å². The Hall–Kier alpha value is -2.03. The summed E-state index contributed by atoms with van der Waals surface area (Å²) in [5.41, 5.74) is -5.24. The molecule has 0 unspecified atom stereocenters. The molecule has 2 aromatic rings. The Morgan fingerprint density at radius 3 is 2.50 bits per heavy atom. The van der Waals surface area contributed by atoms with Gasteiger partial charge in [-0.1, -0.05) is 0 Å². The first-order chi connectivity index (χ1) is 9.24. The zero-order valence-electron chi connectivity index (χ0n) is 10.0. The average molecular weight is 307 g/mol. The summed E-state index contributed by atoms with van der Waals surface area (Å²) in [6.07, 6.45) is 1.14. The van der Waals surface area contributed by atoms with Crippen LogP contribution in [0.15, 0.2) is 30.5 Å². The fraction of sp³-hybridized carbons (Fsp3) is 0.182. The van der Waals surface area contributed by atoms with Crippen LogP contribution >= 0.6 is 0 Å². The van der Waals surface area contributed by atoms with Gasteiger partial charge in [-0.15, -0.1) is 0 Å². The molecule has 0 aliphatic heterocycles. The lowest BCUT2D eigenvalue weighted by Gasteiger charge is -2.11. The van der Waals surface area contributed by atoms with Crippen LogP contribution in [0.1, 0.15) is 0 Å². The molecule has 0 N–H and O–H groups in total. The number of benzene rings is 1. The van der Waals surface area contributed by atoms with E-state index in [1.54, 1.807) is 0 Å². The highest BCUT2D eigenvalue weighted by Crippen LogP contribution is 2.32. The number of aromatic nitrogens is 1. The van der Waals surface area contributed by atoms with E-state index in [-0.39, 0.29) is 10.9 Å². The summed E-state index contributed by atoms with van der Waals surface area (Å²) < 4.78 is 67.9. The van der Waals surface area contributed by atoms with Crippen LogP contribution in [0.4, 0.5) is 13.2 Å². The van der Waals surface area contributed by atoms with Gasteiger partial charge in [-0.2, -0.15) is 21.6 Å². The molecule has 0 bridgehead atoms. The van der Waals surface area contributed by atoms with Crippen molar-refractivity contribution in [2.45, 2.75) is 5.51 Å². The normalized spacial score (nSPS) is 12.4. The van der Waals surface area contributed by atoms with Gasteiger partial charge in [0.15, 0.2) is 5.75 Å². The lowest BCUT2D eigenvalue weighted by atomic mass is 10.2. The molecule has 5 nitrogen and oxygen atoms in total. The molecule has 2 rings (SSSR count). The summed E-state index contributed by atoms with van der Waals surface area (Å²) in [4.78, 5) is 3.91. The topological polar surface area (TPSA) is 65.5 Å². The van der Waals surface area contributed by atoms with Crippen molar-refractivity contribution in [1.82, 2.24) is 4.98 Å². The van der Waals surface area contributed by atoms with Gasteiger partial charge in [-0.05, 0) is 12.1 Å². The molecular formula is C11H8F3NO4S. The predicted octanol–water partition coefficient (Wildman–Crippen LogP) is 2.47. The van der Waals surface area contributed by atoms with Gasteiger partial charge in [0.1, 0.15) is 5.75 Å². The molecule has 0 amide bonds. The summed E-state index contributed by atoms with van der Waals surface area (Å²) >= 11 is 0. The van der Waals surface area contributed by atoms with Crippen LogP contribution in [0.2, 0.25) is 0 Å². The molecule has 0 saturated carbocycles. The molecule has 0 fully saturated rings. The van der Waals surface area contributed by atoms with Gasteiger partial charge < -0.3 is 8.92 Å². The van der Waals surface area contributed by atoms with Gasteiger partial charge in [0, 0.05) is 23.7 Å². The van der Waals surface area contributed by atoms with Gasteiger partial charge in [-0.3, -0.25) is 4.98 Å². The summed E-state index contributed by atoms with van der Waals surface area (Å²) in [7, 11) is -4.30. The Morgan fingerprint density at radius 2 is 1.90 bits per heavy atom. The predicted molar refractivity (Wildman–Crippen MR) is 63.9 cm³/mol. The summed E-state index contributed by atoms with van der Waals surface area (Å²) in [6.45, 7) is 0. The number of ether oxygens (including phenoxy) is 1. The fourth-order valence-corrected chi connectivity index (χ4v) is 1.94. The van der Waals surface area contributed by atoms with Crippen LogP contribution in [0, 0.1) is 0 Å². The lowest BCUT2D eigenvalue weighted by Crippen LogP contribution is -2.28. The second kappa shape index (κ2) is 4.82. The number of pyridine rings is 1. The van der Waals surface area contributed by atoms with Crippen LogP contribution in [-0.2, 0) is 10.1 Å². The summed E-state index contributed by atoms with van der Waals surface area (Å²) in [5.74, 6) is -0.0178. The van der Waals surface area contributed by atoms with Gasteiger partial charge in [0.25, 0.3) is 0 Å². The quantitative estimate of drug-likeness (QED) is 0.644. The van der Waals surface area contributed by atoms with Gasteiger partial charge in [-0.25, -0.2) is 0 Å². The van der Waals surface area contributed by atoms with E-state index in [4.69, 9.17) is 4.74 Å². The molecule has 108 valence electrons. The number of hydrogen-bond donors (Lipinski definition) is 0. The fourth-order valence-electron chi connectivity index (χ4n) is 1.47. The molecule has 0 aliphatic carbocycles. The zero-order valence-corrected chi connectivity index (χ0v) is 10.8. The van der Waals surface area contributed by atoms with Crippen LogP contribution in [0.3, 0.4) is 0 Å². The second-order valence-corrected chi connectivity index (χ2v) is 5.21. The minimum atomic E-state index is -5.72. The van der Waals surface area contributed by atoms with Crippen molar-refractivity contribution in [3.05, 3.63) is 30.5 Å². The Balaban J connectivity index is 2.51. The largest absolute Gasteiger partial charge is 0.534 e. The first-order valence-corrected chi connectivity index (χ1v) is 6.59. The van der Waals surface area contributed by atoms with Crippen LogP contribution < -0.4 is 8.92 Å². The van der Waals surface area contributed by atoms with Crippen molar-refractivity contribution in [1.29, 1.82) is 0 Å². The molecule has 0 spiro atoms. The number of hydrogen-bond acceptors (Lipinski definition) is 5. The van der Waals surface area contributed by atoms with Crippen molar-refractivity contribution in [3.8, 4) is 11.5 Å². The minimum absolute atomic E-state index is 0.126. The standard InChI is InChI=1S/C11H8F3NO4S/c1-18-7-2-3-8-9(6-7)15-5-4-10(8)19-20(16,17)11(12,13)14/h2-6H,1H3. The molecular weight excluding hydrogens is 299 g/mol. The van der Waals surface area contributed by atoms with Crippen LogP contribution in [0.5, 0.6) is 11.5 Å². The SMILES string of the molecule is COc1ccc2c(OS(=O)(=O)C(F)(F)F)ccnc2c1. The van der Waals surface area contributed by atoms with Gasteiger partial charge in [0.2, 0.25) is 0 Å². The summed E-state index contributed by atoms with van der Waals surface area (Å²) in [6, 6.07) is 5.31. The lowest BCUT2D eigenvalue weighted by molar-refractivity contribution is -0.0499. The number of fused-ring (bicyclic) bond motifs is 1. The maximum Gasteiger partial charge on any atom is 0.534 e. The van der Waals surface area contributed by atoms with E-state index >= 15 is 0 Å². The van der Waals surface area contributed by atoms with Crippen LogP contribution in [0.25, 0.3) is 10.9 Å². The third-order valence-electron chi connectivity index (χ3n) is 2.39. The van der Waals surface area contributed by atoms with E-state index in [2.05, 4.69) is 9.17 Å². The van der Waals surface area contributed by atoms with E-state index in [9.17, 15) is 21.6 Å². The highest BCUT2D eigenvalue weighted by molar-refractivity contribution is 7.88. The Bertz CT molecular complexity index is 743. The minimum Gasteiger partial charge on any atom is -0.497 e. The van der Waals surface area contributed by atoms with E-state index < -0.39 is 21.4 Å². The maximum absolute atomic E-state index is 12.3. The molecule has 0 radical (unpaired) electrons. The van der Waals surface area contributed by atoms with Crippen molar-refractivity contribution >= 4 is 21.0 Å². The second-order valence-electron chi connectivity index (χ2n) is 3.68. The molecule has 1 aromatic heterocycles. The first-order valence-electron chi connectivity index (χ1n) is 5.18. The maximum atomic E-state index is 12.3.